The molecule has 6 heteroatoms. The van der Waals surface area contributed by atoms with Crippen LogP contribution in [-0.2, 0) is 0 Å². The van der Waals surface area contributed by atoms with E-state index in [-0.39, 0.29) is 16.7 Å². The molecule has 6 nitrogen and oxygen atoms in total. The third kappa shape index (κ3) is 5.71. The van der Waals surface area contributed by atoms with Crippen LogP contribution in [0.5, 0.6) is 17.2 Å². The molecule has 162 valence electrons. The van der Waals surface area contributed by atoms with Gasteiger partial charge in [0.1, 0.15) is 17.2 Å². The Balaban J connectivity index is 1.65. The zero-order valence-corrected chi connectivity index (χ0v) is 17.3. The van der Waals surface area contributed by atoms with Crippen LogP contribution in [0, 0.1) is 0 Å². The lowest BCUT2D eigenvalue weighted by Gasteiger charge is -2.10. The second kappa shape index (κ2) is 10.1. The van der Waals surface area contributed by atoms with Gasteiger partial charge in [0.05, 0.1) is 16.7 Å². The minimum atomic E-state index is -0.732. The summed E-state index contributed by atoms with van der Waals surface area (Å²) in [5, 5.41) is 0. The highest BCUT2D eigenvalue weighted by molar-refractivity contribution is 6.01. The molecule has 0 aliphatic rings. The van der Waals surface area contributed by atoms with E-state index in [1.165, 1.54) is 18.2 Å². The lowest BCUT2D eigenvalue weighted by atomic mass is 10.1. The number of hydrogen-bond acceptors (Lipinski definition) is 6. The normalized spacial score (nSPS) is 10.2. The van der Waals surface area contributed by atoms with Crippen LogP contribution >= 0.6 is 0 Å². The van der Waals surface area contributed by atoms with Crippen molar-refractivity contribution in [2.24, 2.45) is 0 Å². The van der Waals surface area contributed by atoms with Crippen LogP contribution in [0.15, 0.2) is 109 Å². The first-order valence-electron chi connectivity index (χ1n) is 10.1. The Kier molecular flexibility index (Phi) is 6.56. The fourth-order valence-electron chi connectivity index (χ4n) is 2.94. The van der Waals surface area contributed by atoms with Gasteiger partial charge in [-0.2, -0.15) is 0 Å². The molecule has 0 fully saturated rings. The maximum atomic E-state index is 12.8. The minimum absolute atomic E-state index is 0.00127. The highest BCUT2D eigenvalue weighted by atomic mass is 16.5. The molecule has 0 N–H and O–H groups in total. The number of benzene rings is 4. The third-order valence-corrected chi connectivity index (χ3v) is 4.50. The number of ether oxygens (including phenoxy) is 3. The van der Waals surface area contributed by atoms with Crippen LogP contribution in [-0.4, -0.2) is 17.9 Å². The zero-order valence-electron chi connectivity index (χ0n) is 17.3. The standard InChI is InChI=1S/C27H18O6/c28-25(31-22-10-4-1-5-11-22)19-16-20(26(29)32-23-12-6-2-7-13-23)18-21(17-19)27(30)33-24-14-8-3-9-15-24/h1-18H. The van der Waals surface area contributed by atoms with E-state index in [2.05, 4.69) is 0 Å². The Morgan fingerprint density at radius 1 is 0.394 bits per heavy atom. The Morgan fingerprint density at radius 3 is 0.879 bits per heavy atom. The van der Waals surface area contributed by atoms with Gasteiger partial charge in [0.15, 0.2) is 0 Å². The van der Waals surface area contributed by atoms with E-state index >= 15 is 0 Å². The quantitative estimate of drug-likeness (QED) is 0.299. The molecular weight excluding hydrogens is 420 g/mol. The molecule has 0 atom stereocenters. The van der Waals surface area contributed by atoms with Gasteiger partial charge in [-0.25, -0.2) is 14.4 Å². The lowest BCUT2D eigenvalue weighted by Crippen LogP contribution is -2.16. The molecule has 0 aliphatic heterocycles. The van der Waals surface area contributed by atoms with E-state index in [4.69, 9.17) is 14.2 Å². The van der Waals surface area contributed by atoms with Gasteiger partial charge < -0.3 is 14.2 Å². The van der Waals surface area contributed by atoms with Crippen LogP contribution < -0.4 is 14.2 Å². The average molecular weight is 438 g/mol. The van der Waals surface area contributed by atoms with Crippen LogP contribution in [0.1, 0.15) is 31.1 Å². The second-order valence-corrected chi connectivity index (χ2v) is 6.91. The Hall–Kier alpha value is -4.71. The minimum Gasteiger partial charge on any atom is -0.423 e. The van der Waals surface area contributed by atoms with Crippen molar-refractivity contribution in [1.82, 2.24) is 0 Å². The smallest absolute Gasteiger partial charge is 0.343 e. The summed E-state index contributed by atoms with van der Waals surface area (Å²) in [6.45, 7) is 0. The van der Waals surface area contributed by atoms with Gasteiger partial charge >= 0.3 is 17.9 Å². The van der Waals surface area contributed by atoms with Crippen molar-refractivity contribution >= 4 is 17.9 Å². The van der Waals surface area contributed by atoms with Crippen LogP contribution in [0.25, 0.3) is 0 Å². The van der Waals surface area contributed by atoms with Gasteiger partial charge in [-0.1, -0.05) is 54.6 Å². The van der Waals surface area contributed by atoms with E-state index < -0.39 is 17.9 Å². The van der Waals surface area contributed by atoms with E-state index in [9.17, 15) is 14.4 Å². The van der Waals surface area contributed by atoms with Gasteiger partial charge in [-0.05, 0) is 54.6 Å². The number of para-hydroxylation sites is 3. The highest BCUT2D eigenvalue weighted by Crippen LogP contribution is 2.19. The summed E-state index contributed by atoms with van der Waals surface area (Å²) >= 11 is 0. The number of hydrogen-bond donors (Lipinski definition) is 0. The fourth-order valence-corrected chi connectivity index (χ4v) is 2.94. The highest BCUT2D eigenvalue weighted by Gasteiger charge is 2.20. The zero-order chi connectivity index (χ0) is 23.0. The number of rotatable bonds is 6. The fraction of sp³-hybridized carbons (Fsp3) is 0. The molecule has 0 aliphatic carbocycles. The molecule has 0 amide bonds. The molecular formula is C27H18O6. The molecule has 4 rings (SSSR count). The monoisotopic (exact) mass is 438 g/mol. The van der Waals surface area contributed by atoms with Gasteiger partial charge in [-0.15, -0.1) is 0 Å². The van der Waals surface area contributed by atoms with Gasteiger partial charge in [0.25, 0.3) is 0 Å². The molecule has 0 saturated carbocycles. The lowest BCUT2D eigenvalue weighted by molar-refractivity contribution is 0.0734. The van der Waals surface area contributed by atoms with Crippen LogP contribution in [0.2, 0.25) is 0 Å². The topological polar surface area (TPSA) is 78.9 Å². The van der Waals surface area contributed by atoms with Crippen molar-refractivity contribution in [3.05, 3.63) is 126 Å². The first kappa shape index (κ1) is 21.5. The molecule has 0 spiro atoms. The largest absolute Gasteiger partial charge is 0.423 e. The van der Waals surface area contributed by atoms with E-state index in [1.54, 1.807) is 91.0 Å². The molecule has 0 bridgehead atoms. The predicted molar refractivity (Wildman–Crippen MR) is 121 cm³/mol. The van der Waals surface area contributed by atoms with Crippen LogP contribution in [0.3, 0.4) is 0 Å². The van der Waals surface area contributed by atoms with Crippen molar-refractivity contribution in [2.75, 3.05) is 0 Å². The number of carbonyl (C=O) groups is 3. The van der Waals surface area contributed by atoms with E-state index in [1.807, 2.05) is 0 Å². The summed E-state index contributed by atoms with van der Waals surface area (Å²) in [4.78, 5) is 38.3. The molecule has 4 aromatic rings. The number of esters is 3. The van der Waals surface area contributed by atoms with Crippen LogP contribution in [0.4, 0.5) is 0 Å². The summed E-state index contributed by atoms with van der Waals surface area (Å²) in [6, 6.07) is 29.4. The predicted octanol–water partition coefficient (Wildman–Crippen LogP) is 5.34. The first-order valence-corrected chi connectivity index (χ1v) is 10.1. The summed E-state index contributed by atoms with van der Waals surface area (Å²) in [7, 11) is 0. The van der Waals surface area contributed by atoms with Crippen molar-refractivity contribution in [1.29, 1.82) is 0 Å². The number of carbonyl (C=O) groups excluding carboxylic acids is 3. The molecule has 0 unspecified atom stereocenters. The maximum absolute atomic E-state index is 12.8. The van der Waals surface area contributed by atoms with Crippen molar-refractivity contribution < 1.29 is 28.6 Å². The van der Waals surface area contributed by atoms with Gasteiger partial charge in [0.2, 0.25) is 0 Å². The summed E-state index contributed by atoms with van der Waals surface area (Å²) < 4.78 is 16.1. The SMILES string of the molecule is O=C(Oc1ccccc1)c1cc(C(=O)Oc2ccccc2)cc(C(=O)Oc2ccccc2)c1. The van der Waals surface area contributed by atoms with Crippen molar-refractivity contribution in [2.45, 2.75) is 0 Å². The maximum Gasteiger partial charge on any atom is 0.343 e. The van der Waals surface area contributed by atoms with Crippen molar-refractivity contribution in [3.8, 4) is 17.2 Å². The Bertz CT molecular complexity index is 1100. The average Bonchev–Trinajstić information content (AvgIpc) is 2.85. The Morgan fingerprint density at radius 2 is 0.636 bits per heavy atom. The summed E-state index contributed by atoms with van der Waals surface area (Å²) in [5.74, 6) is -1.22. The summed E-state index contributed by atoms with van der Waals surface area (Å²) in [6.07, 6.45) is 0. The second-order valence-electron chi connectivity index (χ2n) is 6.91. The molecule has 0 aromatic heterocycles. The van der Waals surface area contributed by atoms with Gasteiger partial charge in [0, 0.05) is 0 Å². The molecule has 0 heterocycles. The molecule has 0 saturated heterocycles. The van der Waals surface area contributed by atoms with E-state index in [0.717, 1.165) is 0 Å². The third-order valence-electron chi connectivity index (χ3n) is 4.50. The summed E-state index contributed by atoms with van der Waals surface area (Å²) in [5.41, 5.74) is 0.00382. The molecule has 4 aromatic carbocycles. The first-order chi connectivity index (χ1) is 16.1. The van der Waals surface area contributed by atoms with Crippen molar-refractivity contribution in [3.63, 3.8) is 0 Å². The molecule has 33 heavy (non-hydrogen) atoms. The Labute approximate surface area is 190 Å². The van der Waals surface area contributed by atoms with Gasteiger partial charge in [-0.3, -0.25) is 0 Å². The van der Waals surface area contributed by atoms with E-state index in [0.29, 0.717) is 17.2 Å². The molecule has 0 radical (unpaired) electrons.